The lowest BCUT2D eigenvalue weighted by molar-refractivity contribution is 0.117. The van der Waals surface area contributed by atoms with E-state index in [1.807, 2.05) is 0 Å². The monoisotopic (exact) mass is 158 g/mol. The summed E-state index contributed by atoms with van der Waals surface area (Å²) in [5, 5.41) is 0. The van der Waals surface area contributed by atoms with Crippen molar-refractivity contribution in [2.45, 2.75) is 18.9 Å². The molecule has 1 aliphatic rings. The van der Waals surface area contributed by atoms with Crippen LogP contribution in [0.2, 0.25) is 0 Å². The zero-order valence-electron chi connectivity index (χ0n) is 7.25. The van der Waals surface area contributed by atoms with Crippen molar-refractivity contribution in [2.24, 2.45) is 5.73 Å². The summed E-state index contributed by atoms with van der Waals surface area (Å²) in [4.78, 5) is 2.42. The largest absolute Gasteiger partial charge is 0.383 e. The second-order valence-electron chi connectivity index (χ2n) is 3.08. The van der Waals surface area contributed by atoms with Gasteiger partial charge in [-0.15, -0.1) is 0 Å². The fraction of sp³-hybridized carbons (Fsp3) is 1.00. The van der Waals surface area contributed by atoms with Gasteiger partial charge >= 0.3 is 0 Å². The van der Waals surface area contributed by atoms with E-state index in [0.29, 0.717) is 6.04 Å². The van der Waals surface area contributed by atoms with Gasteiger partial charge in [-0.1, -0.05) is 0 Å². The van der Waals surface area contributed by atoms with Crippen LogP contribution in [0.4, 0.5) is 0 Å². The van der Waals surface area contributed by atoms with Crippen molar-refractivity contribution in [2.75, 3.05) is 33.4 Å². The highest BCUT2D eigenvalue weighted by Gasteiger charge is 2.22. The van der Waals surface area contributed by atoms with Gasteiger partial charge in [-0.05, 0) is 19.4 Å². The van der Waals surface area contributed by atoms with Crippen molar-refractivity contribution in [3.05, 3.63) is 0 Å². The SMILES string of the molecule is COC[C@H]1CCCN1CCN. The molecule has 0 aromatic carbocycles. The third-order valence-electron chi connectivity index (χ3n) is 2.27. The molecule has 0 saturated carbocycles. The number of methoxy groups -OCH3 is 1. The molecule has 1 rings (SSSR count). The van der Waals surface area contributed by atoms with Crippen LogP contribution in [-0.2, 0) is 4.74 Å². The van der Waals surface area contributed by atoms with Gasteiger partial charge < -0.3 is 10.5 Å². The first-order valence-electron chi connectivity index (χ1n) is 4.31. The molecule has 2 N–H and O–H groups in total. The Morgan fingerprint density at radius 1 is 1.64 bits per heavy atom. The van der Waals surface area contributed by atoms with Gasteiger partial charge in [0, 0.05) is 26.2 Å². The summed E-state index contributed by atoms with van der Waals surface area (Å²) in [6.07, 6.45) is 2.57. The van der Waals surface area contributed by atoms with E-state index in [-0.39, 0.29) is 0 Å². The molecule has 66 valence electrons. The van der Waals surface area contributed by atoms with Gasteiger partial charge in [0.05, 0.1) is 6.61 Å². The Morgan fingerprint density at radius 3 is 3.09 bits per heavy atom. The number of ether oxygens (including phenoxy) is 1. The van der Waals surface area contributed by atoms with E-state index < -0.39 is 0 Å². The van der Waals surface area contributed by atoms with Crippen LogP contribution in [0.15, 0.2) is 0 Å². The molecular weight excluding hydrogens is 140 g/mol. The van der Waals surface area contributed by atoms with Gasteiger partial charge in [0.1, 0.15) is 0 Å². The van der Waals surface area contributed by atoms with E-state index in [1.54, 1.807) is 7.11 Å². The second kappa shape index (κ2) is 4.70. The molecule has 0 aromatic heterocycles. The minimum Gasteiger partial charge on any atom is -0.383 e. The summed E-state index contributed by atoms with van der Waals surface area (Å²) in [6.45, 7) is 3.85. The van der Waals surface area contributed by atoms with E-state index in [4.69, 9.17) is 10.5 Å². The zero-order chi connectivity index (χ0) is 8.10. The molecule has 11 heavy (non-hydrogen) atoms. The molecule has 0 unspecified atom stereocenters. The molecule has 0 aromatic rings. The molecule has 1 fully saturated rings. The van der Waals surface area contributed by atoms with Crippen LogP contribution >= 0.6 is 0 Å². The Kier molecular flexibility index (Phi) is 3.83. The van der Waals surface area contributed by atoms with Gasteiger partial charge in [-0.3, -0.25) is 4.90 Å². The maximum absolute atomic E-state index is 5.48. The van der Waals surface area contributed by atoms with Gasteiger partial charge in [-0.25, -0.2) is 0 Å². The van der Waals surface area contributed by atoms with Gasteiger partial charge in [0.2, 0.25) is 0 Å². The Hall–Kier alpha value is -0.120. The summed E-state index contributed by atoms with van der Waals surface area (Å²) in [5.74, 6) is 0. The first-order chi connectivity index (χ1) is 5.38. The summed E-state index contributed by atoms with van der Waals surface area (Å²) in [7, 11) is 1.76. The normalized spacial score (nSPS) is 26.2. The molecule has 0 amide bonds. The number of nitrogens with zero attached hydrogens (tertiary/aromatic N) is 1. The highest BCUT2D eigenvalue weighted by molar-refractivity contribution is 4.78. The van der Waals surface area contributed by atoms with Gasteiger partial charge in [0.25, 0.3) is 0 Å². The number of rotatable bonds is 4. The van der Waals surface area contributed by atoms with Gasteiger partial charge in [-0.2, -0.15) is 0 Å². The fourth-order valence-electron chi connectivity index (χ4n) is 1.74. The molecular formula is C8H18N2O. The van der Waals surface area contributed by atoms with Gasteiger partial charge in [0.15, 0.2) is 0 Å². The molecule has 1 saturated heterocycles. The zero-order valence-corrected chi connectivity index (χ0v) is 7.25. The van der Waals surface area contributed by atoms with Crippen LogP contribution in [0.5, 0.6) is 0 Å². The highest BCUT2D eigenvalue weighted by atomic mass is 16.5. The molecule has 3 heteroatoms. The Bertz CT molecular complexity index is 96.3. The smallest absolute Gasteiger partial charge is 0.0618 e. The van der Waals surface area contributed by atoms with Crippen molar-refractivity contribution < 1.29 is 4.74 Å². The first kappa shape index (κ1) is 8.97. The molecule has 3 nitrogen and oxygen atoms in total. The van der Waals surface area contributed by atoms with E-state index in [9.17, 15) is 0 Å². The second-order valence-corrected chi connectivity index (χ2v) is 3.08. The standard InChI is InChI=1S/C8H18N2O/c1-11-7-8-3-2-5-10(8)6-4-9/h8H,2-7,9H2,1H3/t8-/m1/s1. The van der Waals surface area contributed by atoms with Crippen molar-refractivity contribution in [3.8, 4) is 0 Å². The molecule has 1 aliphatic heterocycles. The van der Waals surface area contributed by atoms with Crippen LogP contribution in [0.25, 0.3) is 0 Å². The minimum atomic E-state index is 0.628. The molecule has 0 aliphatic carbocycles. The Labute approximate surface area is 68.5 Å². The van der Waals surface area contributed by atoms with Crippen LogP contribution in [0, 0.1) is 0 Å². The minimum absolute atomic E-state index is 0.628. The summed E-state index contributed by atoms with van der Waals surface area (Å²) >= 11 is 0. The molecule has 0 bridgehead atoms. The maximum Gasteiger partial charge on any atom is 0.0618 e. The van der Waals surface area contributed by atoms with E-state index in [1.165, 1.54) is 19.4 Å². The summed E-state index contributed by atoms with van der Waals surface area (Å²) < 4.78 is 5.12. The molecule has 0 radical (unpaired) electrons. The number of hydrogen-bond acceptors (Lipinski definition) is 3. The average Bonchev–Trinajstić information content (AvgIpc) is 2.39. The molecule has 1 heterocycles. The topological polar surface area (TPSA) is 38.5 Å². The Morgan fingerprint density at radius 2 is 2.45 bits per heavy atom. The lowest BCUT2D eigenvalue weighted by atomic mass is 10.2. The van der Waals surface area contributed by atoms with E-state index >= 15 is 0 Å². The number of likely N-dealkylation sites (tertiary alicyclic amines) is 1. The summed E-state index contributed by atoms with van der Waals surface area (Å²) in [6, 6.07) is 0.628. The quantitative estimate of drug-likeness (QED) is 0.628. The third-order valence-corrected chi connectivity index (χ3v) is 2.27. The van der Waals surface area contributed by atoms with Crippen LogP contribution in [0.3, 0.4) is 0 Å². The van der Waals surface area contributed by atoms with Crippen molar-refractivity contribution in [1.82, 2.24) is 4.90 Å². The predicted octanol–water partition coefficient (Wildman–Crippen LogP) is 0.0559. The van der Waals surface area contributed by atoms with E-state index in [2.05, 4.69) is 4.90 Å². The van der Waals surface area contributed by atoms with Crippen LogP contribution in [-0.4, -0.2) is 44.3 Å². The highest BCUT2D eigenvalue weighted by Crippen LogP contribution is 2.15. The average molecular weight is 158 g/mol. The maximum atomic E-state index is 5.48. The van der Waals surface area contributed by atoms with Crippen LogP contribution in [0.1, 0.15) is 12.8 Å². The molecule has 0 spiro atoms. The number of nitrogens with two attached hydrogens (primary N) is 1. The third kappa shape index (κ3) is 2.43. The van der Waals surface area contributed by atoms with Crippen molar-refractivity contribution in [3.63, 3.8) is 0 Å². The molecule has 1 atom stereocenters. The number of hydrogen-bond donors (Lipinski definition) is 1. The lowest BCUT2D eigenvalue weighted by Gasteiger charge is -2.22. The van der Waals surface area contributed by atoms with E-state index in [0.717, 1.165) is 19.7 Å². The summed E-state index contributed by atoms with van der Waals surface area (Å²) in [5.41, 5.74) is 5.48. The fourth-order valence-corrected chi connectivity index (χ4v) is 1.74. The van der Waals surface area contributed by atoms with Crippen LogP contribution < -0.4 is 5.73 Å². The predicted molar refractivity (Wildman–Crippen MR) is 45.5 cm³/mol. The van der Waals surface area contributed by atoms with Crippen molar-refractivity contribution in [1.29, 1.82) is 0 Å². The first-order valence-corrected chi connectivity index (χ1v) is 4.31. The van der Waals surface area contributed by atoms with Crippen molar-refractivity contribution >= 4 is 0 Å². The Balaban J connectivity index is 2.25. The lowest BCUT2D eigenvalue weighted by Crippen LogP contribution is -2.36.